The molecule has 7 heteroatoms. The summed E-state index contributed by atoms with van der Waals surface area (Å²) in [4.78, 5) is 10.9. The molecule has 0 aliphatic heterocycles. The minimum absolute atomic E-state index is 0.171. The molecule has 0 radical (unpaired) electrons. The first-order chi connectivity index (χ1) is 9.01. The first-order valence-corrected chi connectivity index (χ1v) is 5.62. The van der Waals surface area contributed by atoms with E-state index in [-0.39, 0.29) is 17.7 Å². The molecule has 1 rings (SSSR count). The molecule has 0 saturated heterocycles. The van der Waals surface area contributed by atoms with Crippen LogP contribution in [0.25, 0.3) is 0 Å². The largest absolute Gasteiger partial charge is 0.478 e. The van der Waals surface area contributed by atoms with E-state index >= 15 is 0 Å². The Balaban J connectivity index is 2.78. The van der Waals surface area contributed by atoms with Crippen LogP contribution in [-0.2, 0) is 4.79 Å². The lowest BCUT2D eigenvalue weighted by Gasteiger charge is -2.26. The summed E-state index contributed by atoms with van der Waals surface area (Å²) < 4.78 is 5.18. The molecule has 1 aromatic rings. The maximum atomic E-state index is 10.9. The van der Waals surface area contributed by atoms with Gasteiger partial charge in [0.15, 0.2) is 12.4 Å². The van der Waals surface area contributed by atoms with E-state index in [1.54, 1.807) is 18.2 Å². The minimum atomic E-state index is -1.72. The average molecular weight is 271 g/mol. The quantitative estimate of drug-likeness (QED) is 0.294. The zero-order chi connectivity index (χ0) is 14.4. The van der Waals surface area contributed by atoms with Crippen molar-refractivity contribution in [1.29, 1.82) is 0 Å². The zero-order valence-corrected chi connectivity index (χ0v) is 10.1. The fourth-order valence-corrected chi connectivity index (χ4v) is 1.44. The van der Waals surface area contributed by atoms with E-state index in [0.717, 1.165) is 0 Å². The van der Waals surface area contributed by atoms with Gasteiger partial charge in [0.25, 0.3) is 0 Å². The Morgan fingerprint density at radius 3 is 2.37 bits per heavy atom. The monoisotopic (exact) mass is 271 g/mol. The van der Waals surface area contributed by atoms with E-state index in [1.807, 2.05) is 0 Å². The number of ether oxygens (including phenoxy) is 1. The van der Waals surface area contributed by atoms with Crippen LogP contribution in [0.3, 0.4) is 0 Å². The lowest BCUT2D eigenvalue weighted by atomic mass is 10.0. The summed E-state index contributed by atoms with van der Waals surface area (Å²) in [5.41, 5.74) is 5.87. The van der Waals surface area contributed by atoms with Gasteiger partial charge in [-0.1, -0.05) is 12.1 Å². The SMILES string of the molecule is Nc1ccccc1O[C@@H](C=O)[C@@H](O)[C@H](O)[C@H](O)CO. The number of carbonyl (C=O) groups is 1. The summed E-state index contributed by atoms with van der Waals surface area (Å²) in [6, 6.07) is 6.33. The van der Waals surface area contributed by atoms with Gasteiger partial charge < -0.3 is 30.9 Å². The number of carbonyl (C=O) groups excluding carboxylic acids is 1. The molecule has 0 bridgehead atoms. The number of para-hydroxylation sites is 2. The third-order valence-corrected chi connectivity index (χ3v) is 2.58. The Morgan fingerprint density at radius 2 is 1.84 bits per heavy atom. The molecule has 19 heavy (non-hydrogen) atoms. The maximum absolute atomic E-state index is 10.9. The number of nitrogen functional groups attached to an aromatic ring is 1. The summed E-state index contributed by atoms with van der Waals surface area (Å²) in [6.45, 7) is -0.753. The second kappa shape index (κ2) is 7.05. The molecule has 106 valence electrons. The minimum Gasteiger partial charge on any atom is -0.478 e. The number of benzene rings is 1. The molecule has 0 aliphatic rings. The van der Waals surface area contributed by atoms with Crippen molar-refractivity contribution in [2.45, 2.75) is 24.4 Å². The summed E-state index contributed by atoms with van der Waals surface area (Å²) in [5, 5.41) is 37.1. The van der Waals surface area contributed by atoms with Crippen LogP contribution < -0.4 is 10.5 Å². The molecule has 0 amide bonds. The number of rotatable bonds is 7. The summed E-state index contributed by atoms with van der Waals surface area (Å²) in [5.74, 6) is 0.171. The molecule has 7 nitrogen and oxygen atoms in total. The number of aliphatic hydroxyl groups is 4. The zero-order valence-electron chi connectivity index (χ0n) is 10.1. The van der Waals surface area contributed by atoms with Crippen LogP contribution in [-0.4, -0.2) is 57.7 Å². The van der Waals surface area contributed by atoms with Gasteiger partial charge in [-0.3, -0.25) is 4.79 Å². The van der Waals surface area contributed by atoms with E-state index in [9.17, 15) is 20.1 Å². The van der Waals surface area contributed by atoms with Crippen molar-refractivity contribution in [2.24, 2.45) is 0 Å². The molecule has 0 aliphatic carbocycles. The van der Waals surface area contributed by atoms with Gasteiger partial charge in [-0.2, -0.15) is 0 Å². The van der Waals surface area contributed by atoms with Crippen LogP contribution in [0, 0.1) is 0 Å². The third-order valence-electron chi connectivity index (χ3n) is 2.58. The van der Waals surface area contributed by atoms with Crippen LogP contribution in [0.2, 0.25) is 0 Å². The fraction of sp³-hybridized carbons (Fsp3) is 0.417. The highest BCUT2D eigenvalue weighted by molar-refractivity contribution is 5.60. The van der Waals surface area contributed by atoms with Crippen molar-refractivity contribution in [3.8, 4) is 5.75 Å². The lowest BCUT2D eigenvalue weighted by Crippen LogP contribution is -2.48. The number of aldehydes is 1. The van der Waals surface area contributed by atoms with Gasteiger partial charge in [0, 0.05) is 0 Å². The van der Waals surface area contributed by atoms with Gasteiger partial charge in [-0.05, 0) is 12.1 Å². The second-order valence-electron chi connectivity index (χ2n) is 3.99. The van der Waals surface area contributed by atoms with Gasteiger partial charge in [-0.25, -0.2) is 0 Å². The van der Waals surface area contributed by atoms with Crippen molar-refractivity contribution in [2.75, 3.05) is 12.3 Å². The normalized spacial score (nSPS) is 17.3. The van der Waals surface area contributed by atoms with Crippen LogP contribution in [0.4, 0.5) is 5.69 Å². The van der Waals surface area contributed by atoms with Gasteiger partial charge in [0.05, 0.1) is 12.3 Å². The number of aliphatic hydroxyl groups excluding tert-OH is 4. The number of hydrogen-bond acceptors (Lipinski definition) is 7. The molecule has 0 saturated carbocycles. The first kappa shape index (κ1) is 15.4. The molecular formula is C12H17NO6. The smallest absolute Gasteiger partial charge is 0.182 e. The summed E-state index contributed by atoms with van der Waals surface area (Å²) in [7, 11) is 0. The average Bonchev–Trinajstić information content (AvgIpc) is 2.44. The first-order valence-electron chi connectivity index (χ1n) is 5.62. The fourth-order valence-electron chi connectivity index (χ4n) is 1.44. The van der Waals surface area contributed by atoms with Crippen LogP contribution in [0.15, 0.2) is 24.3 Å². The van der Waals surface area contributed by atoms with Crippen molar-refractivity contribution in [1.82, 2.24) is 0 Å². The Labute approximate surface area is 109 Å². The van der Waals surface area contributed by atoms with Crippen LogP contribution in [0.1, 0.15) is 0 Å². The predicted octanol–water partition coefficient (Wildman–Crippen LogP) is -1.71. The second-order valence-corrected chi connectivity index (χ2v) is 3.99. The predicted molar refractivity (Wildman–Crippen MR) is 66.4 cm³/mol. The van der Waals surface area contributed by atoms with Crippen molar-refractivity contribution >= 4 is 12.0 Å². The van der Waals surface area contributed by atoms with Gasteiger partial charge >= 0.3 is 0 Å². The highest BCUT2D eigenvalue weighted by Gasteiger charge is 2.32. The van der Waals surface area contributed by atoms with Gasteiger partial charge in [0.2, 0.25) is 0 Å². The van der Waals surface area contributed by atoms with Crippen molar-refractivity contribution in [3.63, 3.8) is 0 Å². The molecular weight excluding hydrogens is 254 g/mol. The topological polar surface area (TPSA) is 133 Å². The van der Waals surface area contributed by atoms with Crippen molar-refractivity contribution in [3.05, 3.63) is 24.3 Å². The molecule has 4 atom stereocenters. The number of nitrogens with two attached hydrogens (primary N) is 1. The lowest BCUT2D eigenvalue weighted by molar-refractivity contribution is -0.132. The van der Waals surface area contributed by atoms with Crippen LogP contribution >= 0.6 is 0 Å². The number of hydrogen-bond donors (Lipinski definition) is 5. The van der Waals surface area contributed by atoms with E-state index in [4.69, 9.17) is 15.6 Å². The summed E-state index contributed by atoms with van der Waals surface area (Å²) >= 11 is 0. The molecule has 1 aromatic carbocycles. The van der Waals surface area contributed by atoms with Gasteiger partial charge in [0.1, 0.15) is 24.1 Å². The van der Waals surface area contributed by atoms with Crippen molar-refractivity contribution < 1.29 is 30.0 Å². The highest BCUT2D eigenvalue weighted by Crippen LogP contribution is 2.22. The molecule has 0 heterocycles. The highest BCUT2D eigenvalue weighted by atomic mass is 16.5. The maximum Gasteiger partial charge on any atom is 0.182 e. The molecule has 6 N–H and O–H groups in total. The van der Waals surface area contributed by atoms with E-state index in [2.05, 4.69) is 0 Å². The van der Waals surface area contributed by atoms with E-state index in [1.165, 1.54) is 6.07 Å². The molecule has 0 unspecified atom stereocenters. The van der Waals surface area contributed by atoms with Crippen LogP contribution in [0.5, 0.6) is 5.75 Å². The molecule has 0 fully saturated rings. The Bertz CT molecular complexity index is 413. The van der Waals surface area contributed by atoms with Gasteiger partial charge in [-0.15, -0.1) is 0 Å². The summed E-state index contributed by atoms with van der Waals surface area (Å²) in [6.07, 6.45) is -6.12. The Morgan fingerprint density at radius 1 is 1.21 bits per heavy atom. The Kier molecular flexibility index (Phi) is 5.71. The molecule has 0 spiro atoms. The Hall–Kier alpha value is -1.67. The molecule has 0 aromatic heterocycles. The van der Waals surface area contributed by atoms with E-state index < -0.39 is 31.0 Å². The van der Waals surface area contributed by atoms with E-state index in [0.29, 0.717) is 0 Å². The number of anilines is 1. The standard InChI is InChI=1S/C12H17NO6/c13-7-3-1-2-4-9(7)19-10(6-15)12(18)11(17)8(16)5-14/h1-4,6,8,10-12,14,16-18H,5,13H2/t8-,10+,11-,12-/m1/s1. The third kappa shape index (κ3) is 3.90.